The Labute approximate surface area is 167 Å². The Morgan fingerprint density at radius 2 is 1.57 bits per heavy atom. The Hall–Kier alpha value is -1.88. The fraction of sp³-hybridized carbons (Fsp3) is 0.500. The van der Waals surface area contributed by atoms with Gasteiger partial charge in [0.15, 0.2) is 0 Å². The number of aryl methyl sites for hydroxylation is 2. The van der Waals surface area contributed by atoms with Crippen molar-refractivity contribution in [3.05, 3.63) is 64.7 Å². The Balaban J connectivity index is 1.34. The molecule has 150 valence electrons. The van der Waals surface area contributed by atoms with Crippen molar-refractivity contribution < 1.29 is 15.3 Å². The SMILES string of the molecule is Cc1cc(C)cc(CC2(O)C[C@H]3CN(C[C@H](O)c4ccc(O)cc4)C[C@@H]3C2)c1. The summed E-state index contributed by atoms with van der Waals surface area (Å²) in [4.78, 5) is 2.32. The topological polar surface area (TPSA) is 63.9 Å². The standard InChI is InChI=1S/C24H31NO3/c1-16-7-17(2)9-18(8-16)10-24(28)11-20-13-25(14-21(20)12-24)15-23(27)19-3-5-22(26)6-4-19/h3-9,20-21,23,26-28H,10-15H2,1-2H3/t20-,21-,23-/m0/s1. The fourth-order valence-corrected chi connectivity index (χ4v) is 5.45. The lowest BCUT2D eigenvalue weighted by Gasteiger charge is -2.27. The Morgan fingerprint density at radius 1 is 1.00 bits per heavy atom. The molecular formula is C24H31NO3. The minimum atomic E-state index is -0.600. The number of phenols is 1. The van der Waals surface area contributed by atoms with E-state index in [0.717, 1.165) is 37.9 Å². The van der Waals surface area contributed by atoms with Crippen molar-refractivity contribution in [1.29, 1.82) is 0 Å². The van der Waals surface area contributed by atoms with Gasteiger partial charge in [0.1, 0.15) is 5.75 Å². The zero-order chi connectivity index (χ0) is 19.9. The third-order valence-electron chi connectivity index (χ3n) is 6.46. The molecular weight excluding hydrogens is 350 g/mol. The molecule has 2 aromatic carbocycles. The number of fused-ring (bicyclic) bond motifs is 1. The average Bonchev–Trinajstić information content (AvgIpc) is 3.08. The molecule has 2 aliphatic rings. The first-order valence-corrected chi connectivity index (χ1v) is 10.3. The predicted octanol–water partition coefficient (Wildman–Crippen LogP) is 3.36. The van der Waals surface area contributed by atoms with Crippen LogP contribution in [0.25, 0.3) is 0 Å². The van der Waals surface area contributed by atoms with Crippen molar-refractivity contribution >= 4 is 0 Å². The molecule has 0 aromatic heterocycles. The van der Waals surface area contributed by atoms with Crippen molar-refractivity contribution in [2.24, 2.45) is 11.8 Å². The number of phenolic OH excluding ortho intramolecular Hbond substituents is 1. The van der Waals surface area contributed by atoms with Crippen LogP contribution in [-0.2, 0) is 6.42 Å². The predicted molar refractivity (Wildman–Crippen MR) is 110 cm³/mol. The maximum atomic E-state index is 11.2. The minimum Gasteiger partial charge on any atom is -0.508 e. The van der Waals surface area contributed by atoms with Gasteiger partial charge in [0, 0.05) is 26.1 Å². The summed E-state index contributed by atoms with van der Waals surface area (Å²) in [6, 6.07) is 13.3. The van der Waals surface area contributed by atoms with Crippen LogP contribution in [0, 0.1) is 25.7 Å². The molecule has 0 bridgehead atoms. The van der Waals surface area contributed by atoms with Crippen LogP contribution in [-0.4, -0.2) is 45.5 Å². The maximum Gasteiger partial charge on any atom is 0.115 e. The number of benzene rings is 2. The summed E-state index contributed by atoms with van der Waals surface area (Å²) in [7, 11) is 0. The largest absolute Gasteiger partial charge is 0.508 e. The molecule has 1 aliphatic carbocycles. The van der Waals surface area contributed by atoms with Crippen LogP contribution < -0.4 is 0 Å². The van der Waals surface area contributed by atoms with Gasteiger partial charge in [-0.05, 0) is 61.8 Å². The molecule has 3 atom stereocenters. The summed E-state index contributed by atoms with van der Waals surface area (Å²) < 4.78 is 0. The molecule has 1 saturated heterocycles. The van der Waals surface area contributed by atoms with Crippen molar-refractivity contribution in [2.75, 3.05) is 19.6 Å². The van der Waals surface area contributed by atoms with Crippen LogP contribution in [0.1, 0.15) is 41.2 Å². The average molecular weight is 382 g/mol. The highest BCUT2D eigenvalue weighted by molar-refractivity contribution is 5.30. The third-order valence-corrected chi connectivity index (χ3v) is 6.46. The Morgan fingerprint density at radius 3 is 2.14 bits per heavy atom. The summed E-state index contributed by atoms with van der Waals surface area (Å²) in [6.45, 7) is 6.71. The van der Waals surface area contributed by atoms with Gasteiger partial charge in [-0.15, -0.1) is 0 Å². The van der Waals surface area contributed by atoms with E-state index in [1.807, 2.05) is 0 Å². The molecule has 1 heterocycles. The van der Waals surface area contributed by atoms with Gasteiger partial charge in [-0.2, -0.15) is 0 Å². The molecule has 0 unspecified atom stereocenters. The number of likely N-dealkylation sites (tertiary alicyclic amines) is 1. The highest BCUT2D eigenvalue weighted by Gasteiger charge is 2.48. The molecule has 1 saturated carbocycles. The molecule has 0 radical (unpaired) electrons. The number of aliphatic hydroxyl groups excluding tert-OH is 1. The number of aromatic hydroxyl groups is 1. The second-order valence-electron chi connectivity index (χ2n) is 9.15. The molecule has 2 fully saturated rings. The number of hydrogen-bond donors (Lipinski definition) is 3. The third kappa shape index (κ3) is 4.24. The molecule has 4 rings (SSSR count). The summed E-state index contributed by atoms with van der Waals surface area (Å²) >= 11 is 0. The van der Waals surface area contributed by atoms with E-state index in [4.69, 9.17) is 0 Å². The second kappa shape index (κ2) is 7.51. The number of nitrogens with zero attached hydrogens (tertiary/aromatic N) is 1. The number of aliphatic hydroxyl groups is 2. The number of rotatable bonds is 5. The lowest BCUT2D eigenvalue weighted by atomic mass is 9.90. The van der Waals surface area contributed by atoms with Gasteiger partial charge in [0.05, 0.1) is 11.7 Å². The van der Waals surface area contributed by atoms with Crippen molar-refractivity contribution in [2.45, 2.75) is 44.8 Å². The lowest BCUT2D eigenvalue weighted by Crippen LogP contribution is -2.33. The second-order valence-corrected chi connectivity index (χ2v) is 9.15. The van der Waals surface area contributed by atoms with E-state index in [0.29, 0.717) is 18.4 Å². The van der Waals surface area contributed by atoms with E-state index in [9.17, 15) is 15.3 Å². The van der Waals surface area contributed by atoms with Gasteiger partial charge in [-0.25, -0.2) is 0 Å². The van der Waals surface area contributed by atoms with Gasteiger partial charge >= 0.3 is 0 Å². The Kier molecular flexibility index (Phi) is 5.21. The van der Waals surface area contributed by atoms with Gasteiger partial charge in [0.2, 0.25) is 0 Å². The molecule has 4 heteroatoms. The quantitative estimate of drug-likeness (QED) is 0.743. The van der Waals surface area contributed by atoms with E-state index in [2.05, 4.69) is 36.9 Å². The van der Waals surface area contributed by atoms with Crippen LogP contribution >= 0.6 is 0 Å². The summed E-state index contributed by atoms with van der Waals surface area (Å²) in [5.41, 5.74) is 3.98. The summed E-state index contributed by atoms with van der Waals surface area (Å²) in [5, 5.41) is 31.1. The lowest BCUT2D eigenvalue weighted by molar-refractivity contribution is 0.0328. The number of β-amino-alcohol motifs (C(OH)–C–C–N with tert-alkyl or cyclic N) is 1. The Bertz CT molecular complexity index is 798. The van der Waals surface area contributed by atoms with E-state index in [-0.39, 0.29) is 5.75 Å². The van der Waals surface area contributed by atoms with E-state index < -0.39 is 11.7 Å². The molecule has 3 N–H and O–H groups in total. The molecule has 0 spiro atoms. The van der Waals surface area contributed by atoms with Crippen LogP contribution in [0.5, 0.6) is 5.75 Å². The van der Waals surface area contributed by atoms with Crippen molar-refractivity contribution in [3.8, 4) is 5.75 Å². The molecule has 1 aliphatic heterocycles. The van der Waals surface area contributed by atoms with E-state index >= 15 is 0 Å². The van der Waals surface area contributed by atoms with Crippen LogP contribution in [0.2, 0.25) is 0 Å². The highest BCUT2D eigenvalue weighted by Crippen LogP contribution is 2.45. The van der Waals surface area contributed by atoms with Gasteiger partial charge in [0.25, 0.3) is 0 Å². The zero-order valence-electron chi connectivity index (χ0n) is 16.8. The number of hydrogen-bond acceptors (Lipinski definition) is 4. The monoisotopic (exact) mass is 381 g/mol. The molecule has 28 heavy (non-hydrogen) atoms. The fourth-order valence-electron chi connectivity index (χ4n) is 5.45. The van der Waals surface area contributed by atoms with Gasteiger partial charge in [-0.1, -0.05) is 41.5 Å². The summed E-state index contributed by atoms with van der Waals surface area (Å²) in [6.07, 6.45) is 1.87. The first-order valence-electron chi connectivity index (χ1n) is 10.3. The van der Waals surface area contributed by atoms with Gasteiger partial charge in [-0.3, -0.25) is 4.90 Å². The van der Waals surface area contributed by atoms with Crippen LogP contribution in [0.3, 0.4) is 0 Å². The minimum absolute atomic E-state index is 0.217. The van der Waals surface area contributed by atoms with Crippen LogP contribution in [0.15, 0.2) is 42.5 Å². The molecule has 2 aromatic rings. The normalized spacial score (nSPS) is 25.0. The van der Waals surface area contributed by atoms with Gasteiger partial charge < -0.3 is 15.3 Å². The first-order chi connectivity index (χ1) is 13.3. The molecule has 4 nitrogen and oxygen atoms in total. The maximum absolute atomic E-state index is 11.2. The van der Waals surface area contributed by atoms with E-state index in [1.54, 1.807) is 24.3 Å². The zero-order valence-corrected chi connectivity index (χ0v) is 16.8. The van der Waals surface area contributed by atoms with Crippen LogP contribution in [0.4, 0.5) is 0 Å². The van der Waals surface area contributed by atoms with Crippen molar-refractivity contribution in [3.63, 3.8) is 0 Å². The van der Waals surface area contributed by atoms with E-state index in [1.165, 1.54) is 16.7 Å². The molecule has 0 amide bonds. The highest BCUT2D eigenvalue weighted by atomic mass is 16.3. The first kappa shape index (κ1) is 19.4. The summed E-state index contributed by atoms with van der Waals surface area (Å²) in [5.74, 6) is 1.22. The van der Waals surface area contributed by atoms with Crippen molar-refractivity contribution in [1.82, 2.24) is 4.90 Å². The smallest absolute Gasteiger partial charge is 0.115 e.